The minimum atomic E-state index is 0.893. The van der Waals surface area contributed by atoms with Crippen LogP contribution in [0.1, 0.15) is 18.2 Å². The molecule has 14 heavy (non-hydrogen) atoms. The highest BCUT2D eigenvalue weighted by atomic mass is 15.4. The van der Waals surface area contributed by atoms with Crippen LogP contribution in [0.5, 0.6) is 0 Å². The summed E-state index contributed by atoms with van der Waals surface area (Å²) in [5.41, 5.74) is 2.40. The van der Waals surface area contributed by atoms with Gasteiger partial charge in [-0.15, -0.1) is 0 Å². The Morgan fingerprint density at radius 2 is 2.07 bits per heavy atom. The third kappa shape index (κ3) is 2.07. The Morgan fingerprint density at radius 1 is 1.43 bits per heavy atom. The Morgan fingerprint density at radius 3 is 2.57 bits per heavy atom. The fraction of sp³-hybridized carbons (Fsp3) is 0.700. The molecule has 0 spiro atoms. The molecular weight excluding hydrogens is 176 g/mol. The minimum Gasteiger partial charge on any atom is -0.363 e. The van der Waals surface area contributed by atoms with Crippen LogP contribution in [-0.4, -0.2) is 30.4 Å². The number of hydrogen-bond donors (Lipinski definition) is 1. The molecule has 0 bridgehead atoms. The second kappa shape index (κ2) is 4.46. The Labute approximate surface area is 85.9 Å². The van der Waals surface area contributed by atoms with Gasteiger partial charge in [0.05, 0.1) is 5.69 Å². The molecule has 1 aromatic rings. The van der Waals surface area contributed by atoms with Gasteiger partial charge in [-0.1, -0.05) is 6.92 Å². The number of aromatic nitrogens is 2. The molecule has 1 N–H and O–H groups in total. The Kier molecular flexibility index (Phi) is 3.52. The fourth-order valence-corrected chi connectivity index (χ4v) is 1.71. The lowest BCUT2D eigenvalue weighted by Gasteiger charge is -2.15. The van der Waals surface area contributed by atoms with Gasteiger partial charge in [0.2, 0.25) is 0 Å². The Balaban J connectivity index is 2.99. The molecule has 0 amide bonds. The van der Waals surface area contributed by atoms with Crippen LogP contribution in [0.15, 0.2) is 0 Å². The van der Waals surface area contributed by atoms with Crippen LogP contribution in [-0.2, 0) is 13.6 Å². The van der Waals surface area contributed by atoms with Gasteiger partial charge < -0.3 is 10.2 Å². The summed E-state index contributed by atoms with van der Waals surface area (Å²) in [6.07, 6.45) is 0. The molecule has 0 aliphatic carbocycles. The van der Waals surface area contributed by atoms with Gasteiger partial charge in [-0.25, -0.2) is 0 Å². The van der Waals surface area contributed by atoms with E-state index in [1.807, 2.05) is 25.8 Å². The summed E-state index contributed by atoms with van der Waals surface area (Å²) in [6.45, 7) is 6.05. The van der Waals surface area contributed by atoms with E-state index >= 15 is 0 Å². The van der Waals surface area contributed by atoms with E-state index < -0.39 is 0 Å². The SMILES string of the molecule is CCNCc1c(C)nn(C)c1N(C)C. The topological polar surface area (TPSA) is 33.1 Å². The molecular formula is C10H20N4. The van der Waals surface area contributed by atoms with Gasteiger partial charge in [0.1, 0.15) is 5.82 Å². The summed E-state index contributed by atoms with van der Waals surface area (Å²) in [6, 6.07) is 0. The predicted molar refractivity (Wildman–Crippen MR) is 59.7 cm³/mol. The molecule has 0 saturated heterocycles. The average molecular weight is 196 g/mol. The number of hydrogen-bond acceptors (Lipinski definition) is 3. The number of rotatable bonds is 4. The van der Waals surface area contributed by atoms with Crippen molar-refractivity contribution in [1.82, 2.24) is 15.1 Å². The quantitative estimate of drug-likeness (QED) is 0.777. The molecule has 4 heteroatoms. The first-order chi connectivity index (χ1) is 6.57. The van der Waals surface area contributed by atoms with E-state index in [9.17, 15) is 0 Å². The molecule has 0 radical (unpaired) electrons. The van der Waals surface area contributed by atoms with E-state index in [1.54, 1.807) is 0 Å². The standard InChI is InChI=1S/C10H20N4/c1-6-11-7-9-8(2)12-14(5)10(9)13(3)4/h11H,6-7H2,1-5H3. The van der Waals surface area contributed by atoms with E-state index in [0.717, 1.165) is 18.8 Å². The van der Waals surface area contributed by atoms with Crippen molar-refractivity contribution in [3.05, 3.63) is 11.3 Å². The van der Waals surface area contributed by atoms with Crippen molar-refractivity contribution >= 4 is 5.82 Å². The zero-order chi connectivity index (χ0) is 10.7. The molecule has 1 heterocycles. The maximum Gasteiger partial charge on any atom is 0.130 e. The molecule has 80 valence electrons. The van der Waals surface area contributed by atoms with Gasteiger partial charge in [0.25, 0.3) is 0 Å². The maximum atomic E-state index is 4.42. The molecule has 0 fully saturated rings. The van der Waals surface area contributed by atoms with Crippen molar-refractivity contribution < 1.29 is 0 Å². The summed E-state index contributed by atoms with van der Waals surface area (Å²) in [5, 5.41) is 7.75. The van der Waals surface area contributed by atoms with E-state index in [0.29, 0.717) is 0 Å². The average Bonchev–Trinajstić information content (AvgIpc) is 2.37. The number of anilines is 1. The van der Waals surface area contributed by atoms with E-state index in [1.165, 1.54) is 11.4 Å². The summed E-state index contributed by atoms with van der Waals surface area (Å²) in [7, 11) is 6.08. The van der Waals surface area contributed by atoms with Crippen LogP contribution in [0.3, 0.4) is 0 Å². The Hall–Kier alpha value is -1.03. The van der Waals surface area contributed by atoms with Crippen molar-refractivity contribution in [2.24, 2.45) is 7.05 Å². The van der Waals surface area contributed by atoms with Gasteiger partial charge in [-0.3, -0.25) is 4.68 Å². The highest BCUT2D eigenvalue weighted by Crippen LogP contribution is 2.20. The monoisotopic (exact) mass is 196 g/mol. The zero-order valence-electron chi connectivity index (χ0n) is 9.76. The van der Waals surface area contributed by atoms with Crippen LogP contribution in [0.4, 0.5) is 5.82 Å². The molecule has 0 saturated carbocycles. The molecule has 0 aliphatic rings. The van der Waals surface area contributed by atoms with Crippen LogP contribution in [0.2, 0.25) is 0 Å². The lowest BCUT2D eigenvalue weighted by molar-refractivity contribution is 0.719. The number of nitrogens with zero attached hydrogens (tertiary/aromatic N) is 3. The van der Waals surface area contributed by atoms with Gasteiger partial charge >= 0.3 is 0 Å². The fourth-order valence-electron chi connectivity index (χ4n) is 1.71. The van der Waals surface area contributed by atoms with Crippen LogP contribution >= 0.6 is 0 Å². The first-order valence-electron chi connectivity index (χ1n) is 4.98. The molecule has 0 atom stereocenters. The first kappa shape index (κ1) is 11.0. The predicted octanol–water partition coefficient (Wildman–Crippen LogP) is 0.904. The van der Waals surface area contributed by atoms with Crippen LogP contribution in [0, 0.1) is 6.92 Å². The molecule has 4 nitrogen and oxygen atoms in total. The normalized spacial score (nSPS) is 10.6. The zero-order valence-corrected chi connectivity index (χ0v) is 9.76. The molecule has 1 rings (SSSR count). The van der Waals surface area contributed by atoms with Crippen molar-refractivity contribution in [2.75, 3.05) is 25.5 Å². The van der Waals surface area contributed by atoms with Crippen LogP contribution < -0.4 is 10.2 Å². The van der Waals surface area contributed by atoms with Gasteiger partial charge in [0.15, 0.2) is 0 Å². The second-order valence-corrected chi connectivity index (χ2v) is 3.69. The number of nitrogens with one attached hydrogen (secondary N) is 1. The van der Waals surface area contributed by atoms with Gasteiger partial charge in [-0.05, 0) is 13.5 Å². The van der Waals surface area contributed by atoms with Crippen LogP contribution in [0.25, 0.3) is 0 Å². The summed E-state index contributed by atoms with van der Waals surface area (Å²) in [4.78, 5) is 2.10. The first-order valence-corrected chi connectivity index (χ1v) is 4.98. The van der Waals surface area contributed by atoms with Crippen molar-refractivity contribution in [3.63, 3.8) is 0 Å². The summed E-state index contributed by atoms with van der Waals surface area (Å²) >= 11 is 0. The van der Waals surface area contributed by atoms with Crippen molar-refractivity contribution in [3.8, 4) is 0 Å². The highest BCUT2D eigenvalue weighted by Gasteiger charge is 2.13. The highest BCUT2D eigenvalue weighted by molar-refractivity contribution is 5.48. The second-order valence-electron chi connectivity index (χ2n) is 3.69. The molecule has 0 aliphatic heterocycles. The Bertz CT molecular complexity index is 301. The van der Waals surface area contributed by atoms with Crippen molar-refractivity contribution in [2.45, 2.75) is 20.4 Å². The van der Waals surface area contributed by atoms with E-state index in [4.69, 9.17) is 0 Å². The molecule has 1 aromatic heterocycles. The van der Waals surface area contributed by atoms with Gasteiger partial charge in [-0.2, -0.15) is 5.10 Å². The van der Waals surface area contributed by atoms with E-state index in [-0.39, 0.29) is 0 Å². The maximum absolute atomic E-state index is 4.42. The lowest BCUT2D eigenvalue weighted by atomic mass is 10.2. The van der Waals surface area contributed by atoms with Gasteiger partial charge in [0, 0.05) is 33.3 Å². The number of aryl methyl sites for hydroxylation is 2. The van der Waals surface area contributed by atoms with Crippen molar-refractivity contribution in [1.29, 1.82) is 0 Å². The smallest absolute Gasteiger partial charge is 0.130 e. The summed E-state index contributed by atoms with van der Waals surface area (Å²) < 4.78 is 1.93. The minimum absolute atomic E-state index is 0.893. The third-order valence-electron chi connectivity index (χ3n) is 2.29. The van der Waals surface area contributed by atoms with E-state index in [2.05, 4.69) is 29.2 Å². The summed E-state index contributed by atoms with van der Waals surface area (Å²) in [5.74, 6) is 1.18. The lowest BCUT2D eigenvalue weighted by Crippen LogP contribution is -2.18. The largest absolute Gasteiger partial charge is 0.363 e. The third-order valence-corrected chi connectivity index (χ3v) is 2.29. The molecule has 0 unspecified atom stereocenters. The molecule has 0 aromatic carbocycles.